The number of hydrogen-bond acceptors (Lipinski definition) is 24. The Labute approximate surface area is 705 Å². The minimum Gasteiger partial charge on any atom is -0.457 e. The Morgan fingerprint density at radius 2 is 0.892 bits per heavy atom. The van der Waals surface area contributed by atoms with Gasteiger partial charge in [0.2, 0.25) is 35.4 Å². The van der Waals surface area contributed by atoms with E-state index in [1.54, 1.807) is 78.0 Å². The summed E-state index contributed by atoms with van der Waals surface area (Å²) >= 11 is 13.9. The quantitative estimate of drug-likeness (QED) is 0.0410. The first-order valence-corrected chi connectivity index (χ1v) is 40.4. The number of likely N-dealkylation sites (N-methyl/N-ethyl adjacent to an activating group) is 2. The van der Waals surface area contributed by atoms with Crippen molar-refractivity contribution in [3.63, 3.8) is 0 Å². The van der Waals surface area contributed by atoms with Gasteiger partial charge in [-0.15, -0.1) is 0 Å². The number of anilines is 2. The van der Waals surface area contributed by atoms with Gasteiger partial charge in [0, 0.05) is 130 Å². The summed E-state index contributed by atoms with van der Waals surface area (Å²) in [5.74, 6) is -11.6. The normalized spacial score (nSPS) is 30.2. The topological polar surface area (TPSA) is 410 Å². The van der Waals surface area contributed by atoms with Crippen LogP contribution in [0.4, 0.5) is 21.0 Å². The number of aryl methyl sites for hydroxylation is 2. The first kappa shape index (κ1) is 92.1. The number of allylic oxidation sites excluding steroid dienone is 6. The van der Waals surface area contributed by atoms with Crippen LogP contribution in [0, 0.1) is 25.7 Å². The summed E-state index contributed by atoms with van der Waals surface area (Å²) in [4.78, 5) is 203. The SMILES string of the molecule is CO[C@@H]1/C=C/C=C(\C)Cc2cc(C)c(Cl)c(c2)N(C)C(=O)C[C@H](OC(=O)[C@H](C)N(C)C(=O)CCN(C(=O)CCN2C(=O)C=CC2=O)N(CCC(=O)N(C)[C@@H](C)C(=O)O[C@H]2CC(=O)N(C)c3cc(cc(C)c3Cl)C/C(C)=C/C=C/[C@@H](OC)[C@@]3(O)CC(OC(=O)N3)[C@@H](C)[C@H]3O[C@@]23C)C(=O)CCN2C(=O)C=CC2=O)[C@]2(C)O[C@@H]2[C@H](C)C2C[C@@]1(O)NC(=O)O2. The molecule has 34 nitrogen and oxygen atoms in total. The number of halogens is 2. The Balaban J connectivity index is 0.900. The fraction of sp³-hybridized carbons (Fsp3) is 0.548. The number of aliphatic hydroxyl groups is 2. The molecular weight excluding hydrogens is 1600 g/mol. The Bertz CT molecular complexity index is 4320. The number of ether oxygens (including phenoxy) is 8. The number of benzene rings is 2. The lowest BCUT2D eigenvalue weighted by Crippen LogP contribution is -2.63. The zero-order chi connectivity index (χ0) is 88.3. The summed E-state index contributed by atoms with van der Waals surface area (Å²) in [5.41, 5.74) is -1.75. The fourth-order valence-electron chi connectivity index (χ4n) is 16.0. The Hall–Kier alpha value is -10.2. The average Bonchev–Trinajstić information content (AvgIpc) is 1.57. The van der Waals surface area contributed by atoms with Crippen molar-refractivity contribution in [3.8, 4) is 0 Å². The smallest absolute Gasteiger partial charge is 0.409 e. The maximum absolute atomic E-state index is 15.0. The van der Waals surface area contributed by atoms with E-state index < -0.39 is 243 Å². The molecule has 0 saturated carbocycles. The predicted molar refractivity (Wildman–Crippen MR) is 432 cm³/mol. The number of hydrogen-bond donors (Lipinski definition) is 4. The minimum absolute atomic E-state index is 0.208. The van der Waals surface area contributed by atoms with E-state index in [2.05, 4.69) is 10.6 Å². The zero-order valence-corrected chi connectivity index (χ0v) is 71.6. The standard InChI is InChI=1S/C84H106Cl2N10O24/c1-45-19-17-21-59(113-15)83(111)43-57(115-79(109)87-83)49(5)75-81(9,119-75)61(41-71(105)91(13)55-39-53(35-45)37-47(3)73(55)85)117-77(107)51(7)89(11)63(97)29-33-95(69(103)27-31-93-65(99)23-24-66(93)100)96(70(104)28-32-94-67(101)25-26-68(94)102)34-30-64(98)90(12)52(8)78(108)118-62-42-72(106)92(14)56-40-54(38-48(4)74(56)86)36-46(2)20-18-22-60(114-16)84(112)44-58(116-80(110)88-84)50(6)76-82(62,10)120-76/h17-26,37-40,49-52,57-62,75-76,111-112H,27-36,41-44H2,1-16H3,(H,87,109)(H,88,110)/b21-17+,22-18+,45-19+,46-20+/t49-,50-,51+,52+,57?,58?,59-,60-,61+,62+,75-,76-,81+,82+,83+,84+/m1/s1. The number of rotatable bonds is 20. The van der Waals surface area contributed by atoms with Gasteiger partial charge in [0.15, 0.2) is 11.4 Å². The van der Waals surface area contributed by atoms with Crippen LogP contribution in [0.2, 0.25) is 10.0 Å². The first-order valence-electron chi connectivity index (χ1n) is 39.6. The second-order valence-electron chi connectivity index (χ2n) is 32.4. The molecule has 2 aromatic carbocycles. The van der Waals surface area contributed by atoms with Gasteiger partial charge in [-0.1, -0.05) is 96.8 Å². The van der Waals surface area contributed by atoms with E-state index in [1.165, 1.54) is 66.1 Å². The lowest BCUT2D eigenvalue weighted by molar-refractivity contribution is -0.168. The lowest BCUT2D eigenvalue weighted by atomic mass is 9.83. The van der Waals surface area contributed by atoms with Crippen LogP contribution in [0.25, 0.3) is 0 Å². The van der Waals surface area contributed by atoms with Crippen LogP contribution in [-0.4, -0.2) is 275 Å². The van der Waals surface area contributed by atoms with E-state index in [0.717, 1.165) is 76.2 Å². The third-order valence-electron chi connectivity index (χ3n) is 23.9. The third-order valence-corrected chi connectivity index (χ3v) is 24.9. The van der Waals surface area contributed by atoms with Crippen molar-refractivity contribution in [1.29, 1.82) is 0 Å². The lowest BCUT2D eigenvalue weighted by Gasteiger charge is -2.42. The van der Waals surface area contributed by atoms with E-state index in [4.69, 9.17) is 61.1 Å². The van der Waals surface area contributed by atoms with Gasteiger partial charge < -0.3 is 67.7 Å². The number of carbonyl (C=O) groups is 14. The van der Waals surface area contributed by atoms with E-state index >= 15 is 0 Å². The number of amides is 12. The molecule has 2 unspecified atom stereocenters. The number of epoxide rings is 2. The highest BCUT2D eigenvalue weighted by Gasteiger charge is 2.66. The first-order chi connectivity index (χ1) is 56.4. The Kier molecular flexibility index (Phi) is 28.7. The second-order valence-corrected chi connectivity index (χ2v) is 33.1. The van der Waals surface area contributed by atoms with Crippen LogP contribution >= 0.6 is 23.2 Å². The van der Waals surface area contributed by atoms with E-state index in [1.807, 2.05) is 38.1 Å². The summed E-state index contributed by atoms with van der Waals surface area (Å²) in [6.07, 6.45) is -0.246. The number of hydrazine groups is 1. The Morgan fingerprint density at radius 1 is 0.550 bits per heavy atom. The number of methoxy groups -OCH3 is 2. The molecule has 8 aliphatic rings. The van der Waals surface area contributed by atoms with Crippen molar-refractivity contribution in [2.45, 2.75) is 217 Å². The van der Waals surface area contributed by atoms with E-state index in [0.29, 0.717) is 35.3 Å². The van der Waals surface area contributed by atoms with Crippen molar-refractivity contribution >= 4 is 118 Å². The van der Waals surface area contributed by atoms with Gasteiger partial charge in [-0.25, -0.2) is 19.2 Å². The number of nitrogens with zero attached hydrogens (tertiary/aromatic N) is 8. The van der Waals surface area contributed by atoms with E-state index in [9.17, 15) is 77.3 Å². The molecule has 0 aliphatic carbocycles. The molecule has 16 atom stereocenters. The number of carbonyl (C=O) groups excluding carboxylic acids is 14. The van der Waals surface area contributed by atoms with Crippen LogP contribution < -0.4 is 20.4 Å². The monoisotopic (exact) mass is 1710 g/mol. The number of nitrogens with one attached hydrogen (secondary N) is 2. The molecule has 8 bridgehead atoms. The van der Waals surface area contributed by atoms with Gasteiger partial charge in [0.05, 0.1) is 59.6 Å². The minimum atomic E-state index is -1.99. The van der Waals surface area contributed by atoms with Crippen LogP contribution in [0.3, 0.4) is 0 Å². The molecule has 2 aromatic rings. The third kappa shape index (κ3) is 20.4. The summed E-state index contributed by atoms with van der Waals surface area (Å²) in [5, 5.41) is 31.3. The second kappa shape index (κ2) is 37.4. The molecule has 8 heterocycles. The van der Waals surface area contributed by atoms with Crippen molar-refractivity contribution in [2.24, 2.45) is 11.8 Å². The molecule has 0 radical (unpaired) electrons. The van der Waals surface area contributed by atoms with Crippen LogP contribution in [0.5, 0.6) is 0 Å². The van der Waals surface area contributed by atoms with Gasteiger partial charge in [-0.05, 0) is 103 Å². The molecule has 36 heteroatoms. The highest BCUT2D eigenvalue weighted by molar-refractivity contribution is 6.35. The van der Waals surface area contributed by atoms with Crippen molar-refractivity contribution in [2.75, 3.05) is 78.4 Å². The van der Waals surface area contributed by atoms with Gasteiger partial charge >= 0.3 is 24.1 Å². The van der Waals surface area contributed by atoms with E-state index in [-0.39, 0.29) is 22.9 Å². The summed E-state index contributed by atoms with van der Waals surface area (Å²) in [7, 11) is 8.23. The maximum Gasteiger partial charge on any atom is 0.409 e. The van der Waals surface area contributed by atoms with Crippen molar-refractivity contribution < 1.29 is 115 Å². The highest BCUT2D eigenvalue weighted by Crippen LogP contribution is 2.51. The van der Waals surface area contributed by atoms with Crippen molar-refractivity contribution in [1.82, 2.24) is 40.3 Å². The predicted octanol–water partition coefficient (Wildman–Crippen LogP) is 5.62. The molecule has 650 valence electrons. The summed E-state index contributed by atoms with van der Waals surface area (Å²) in [6.45, 7) is 14.0. The van der Waals surface area contributed by atoms with Crippen molar-refractivity contribution in [3.05, 3.63) is 128 Å². The molecule has 10 rings (SSSR count). The number of esters is 2. The number of imide groups is 2. The molecule has 0 aromatic heterocycles. The fourth-order valence-corrected chi connectivity index (χ4v) is 16.5. The molecule has 120 heavy (non-hydrogen) atoms. The molecule has 12 amide bonds. The molecular formula is C84H106Cl2N10O24. The van der Waals surface area contributed by atoms with Gasteiger partial charge in [-0.3, -0.25) is 78.4 Å². The molecule has 0 spiro atoms. The van der Waals surface area contributed by atoms with Crippen LogP contribution in [0.15, 0.2) is 96.2 Å². The molecule has 4 saturated heterocycles. The van der Waals surface area contributed by atoms with Gasteiger partial charge in [0.1, 0.15) is 59.9 Å². The van der Waals surface area contributed by atoms with Gasteiger partial charge in [0.25, 0.3) is 23.6 Å². The largest absolute Gasteiger partial charge is 0.457 e. The van der Waals surface area contributed by atoms with Crippen LogP contribution in [0.1, 0.15) is 129 Å². The zero-order valence-electron chi connectivity index (χ0n) is 70.1. The highest BCUT2D eigenvalue weighted by atomic mass is 35.5. The summed E-state index contributed by atoms with van der Waals surface area (Å²) in [6, 6.07) is 4.24. The molecule has 8 aliphatic heterocycles. The number of fused-ring (bicyclic) bond motifs is 10. The number of alkyl carbamates (subject to hydrolysis) is 2. The van der Waals surface area contributed by atoms with Gasteiger partial charge in [-0.2, -0.15) is 0 Å². The Morgan fingerprint density at radius 3 is 1.23 bits per heavy atom. The molecule has 4 N–H and O–H groups in total. The summed E-state index contributed by atoms with van der Waals surface area (Å²) < 4.78 is 48.3. The maximum atomic E-state index is 15.0. The molecule has 4 fully saturated rings. The average molecular weight is 1710 g/mol. The van der Waals surface area contributed by atoms with Crippen LogP contribution in [-0.2, 0) is 108 Å².